The van der Waals surface area contributed by atoms with Gasteiger partial charge in [-0.15, -0.1) is 0 Å². The quantitative estimate of drug-likeness (QED) is 0.532. The monoisotopic (exact) mass is 443 g/mol. The Morgan fingerprint density at radius 2 is 1.88 bits per heavy atom. The molecule has 1 amide bonds. The normalized spacial score (nSPS) is 18.6. The Hall–Kier alpha value is -3.18. The Morgan fingerprint density at radius 3 is 2.58 bits per heavy atom. The number of carbonyl (C=O) groups excluding carboxylic acids is 1. The third kappa shape index (κ3) is 5.25. The van der Waals surface area contributed by atoms with Crippen LogP contribution in [0.4, 0.5) is 0 Å². The molecule has 0 radical (unpaired) electrons. The van der Waals surface area contributed by atoms with Crippen LogP contribution in [0.2, 0.25) is 0 Å². The highest BCUT2D eigenvalue weighted by molar-refractivity contribution is 5.83. The van der Waals surface area contributed by atoms with Gasteiger partial charge in [0, 0.05) is 45.1 Å². The smallest absolute Gasteiger partial charge is 0.229 e. The lowest BCUT2D eigenvalue weighted by molar-refractivity contribution is -0.143. The molecule has 5 nitrogen and oxygen atoms in total. The minimum atomic E-state index is -0.452. The first-order valence-electron chi connectivity index (χ1n) is 11.6. The topological polar surface area (TPSA) is 45.7 Å². The Morgan fingerprint density at radius 1 is 1.09 bits per heavy atom. The first-order chi connectivity index (χ1) is 16.0. The van der Waals surface area contributed by atoms with Crippen LogP contribution in [0.15, 0.2) is 73.1 Å². The number of amides is 1. The molecule has 2 heterocycles. The molecule has 0 spiro atoms. The van der Waals surface area contributed by atoms with Crippen LogP contribution in [-0.2, 0) is 17.8 Å². The van der Waals surface area contributed by atoms with Crippen molar-refractivity contribution in [3.8, 4) is 16.9 Å². The fraction of sp³-hybridized carbons (Fsp3) is 0.357. The third-order valence-corrected chi connectivity index (χ3v) is 6.60. The van der Waals surface area contributed by atoms with Gasteiger partial charge >= 0.3 is 0 Å². The molecule has 1 aliphatic rings. The molecular formula is C28H33N3O2. The summed E-state index contributed by atoms with van der Waals surface area (Å²) in [5.74, 6) is 1.07. The molecule has 3 aromatic rings. The molecule has 1 saturated heterocycles. The summed E-state index contributed by atoms with van der Waals surface area (Å²) in [5.41, 5.74) is 4.23. The summed E-state index contributed by atoms with van der Waals surface area (Å²) in [4.78, 5) is 22.1. The van der Waals surface area contributed by atoms with Crippen molar-refractivity contribution in [1.82, 2.24) is 14.8 Å². The van der Waals surface area contributed by atoms with Gasteiger partial charge in [0.15, 0.2) is 0 Å². The van der Waals surface area contributed by atoms with Crippen molar-refractivity contribution in [2.45, 2.75) is 25.8 Å². The summed E-state index contributed by atoms with van der Waals surface area (Å²) in [7, 11) is 5.43. The van der Waals surface area contributed by atoms with Crippen LogP contribution < -0.4 is 4.74 Å². The minimum absolute atomic E-state index is 0.211. The van der Waals surface area contributed by atoms with Gasteiger partial charge in [0.05, 0.1) is 12.5 Å². The molecule has 1 aromatic heterocycles. The van der Waals surface area contributed by atoms with Gasteiger partial charge in [-0.2, -0.15) is 0 Å². The Kier molecular flexibility index (Phi) is 7.09. The van der Waals surface area contributed by atoms with Crippen molar-refractivity contribution in [1.29, 1.82) is 0 Å². The van der Waals surface area contributed by atoms with Gasteiger partial charge in [-0.1, -0.05) is 42.5 Å². The van der Waals surface area contributed by atoms with E-state index in [1.54, 1.807) is 18.2 Å². The molecule has 1 fully saturated rings. The number of pyridine rings is 1. The molecule has 5 heteroatoms. The van der Waals surface area contributed by atoms with Gasteiger partial charge in [-0.25, -0.2) is 0 Å². The maximum atomic E-state index is 13.6. The zero-order valence-corrected chi connectivity index (χ0v) is 19.8. The SMILES string of the molecule is COc1ccc(CN2CCCC(Cc3ccccc3-c3cccnc3)(C(=O)N(C)C)C2)cc1. The molecule has 172 valence electrons. The van der Waals surface area contributed by atoms with E-state index in [9.17, 15) is 4.79 Å². The lowest BCUT2D eigenvalue weighted by atomic mass is 9.73. The molecule has 1 aliphatic heterocycles. The minimum Gasteiger partial charge on any atom is -0.497 e. The summed E-state index contributed by atoms with van der Waals surface area (Å²) < 4.78 is 5.30. The lowest BCUT2D eigenvalue weighted by Crippen LogP contribution is -2.52. The number of ether oxygens (including phenoxy) is 1. The van der Waals surface area contributed by atoms with Gasteiger partial charge in [0.1, 0.15) is 5.75 Å². The number of nitrogens with zero attached hydrogens (tertiary/aromatic N) is 3. The number of hydrogen-bond donors (Lipinski definition) is 0. The van der Waals surface area contributed by atoms with Crippen molar-refractivity contribution >= 4 is 5.91 Å². The summed E-state index contributed by atoms with van der Waals surface area (Å²) in [6.07, 6.45) is 6.31. The zero-order valence-electron chi connectivity index (χ0n) is 19.8. The van der Waals surface area contributed by atoms with Gasteiger partial charge in [-0.05, 0) is 60.7 Å². The number of hydrogen-bond acceptors (Lipinski definition) is 4. The number of rotatable bonds is 7. The standard InChI is InChI=1S/C28H33N3O2/c1-30(2)27(32)28(18-23-8-4-5-10-26(23)24-9-6-16-29-19-24)15-7-17-31(21-28)20-22-11-13-25(33-3)14-12-22/h4-6,8-14,16,19H,7,15,17-18,20-21H2,1-3H3. The average Bonchev–Trinajstić information content (AvgIpc) is 2.85. The molecule has 0 aliphatic carbocycles. The van der Waals surface area contributed by atoms with E-state index in [0.29, 0.717) is 6.42 Å². The molecule has 1 atom stereocenters. The van der Waals surface area contributed by atoms with Crippen LogP contribution in [0.5, 0.6) is 5.75 Å². The van der Waals surface area contributed by atoms with Crippen LogP contribution in [0, 0.1) is 5.41 Å². The molecular weight excluding hydrogens is 410 g/mol. The molecule has 4 rings (SSSR count). The molecule has 2 aromatic carbocycles. The molecule has 0 saturated carbocycles. The Balaban J connectivity index is 1.62. The summed E-state index contributed by atoms with van der Waals surface area (Å²) >= 11 is 0. The molecule has 33 heavy (non-hydrogen) atoms. The number of benzene rings is 2. The van der Waals surface area contributed by atoms with Gasteiger partial charge < -0.3 is 9.64 Å². The van der Waals surface area contributed by atoms with E-state index in [0.717, 1.165) is 49.4 Å². The van der Waals surface area contributed by atoms with Crippen molar-refractivity contribution in [3.05, 3.63) is 84.2 Å². The van der Waals surface area contributed by atoms with Gasteiger partial charge in [-0.3, -0.25) is 14.7 Å². The van der Waals surface area contributed by atoms with E-state index in [1.807, 2.05) is 38.5 Å². The number of piperidine rings is 1. The van der Waals surface area contributed by atoms with Crippen molar-refractivity contribution in [3.63, 3.8) is 0 Å². The van der Waals surface area contributed by atoms with E-state index in [-0.39, 0.29) is 5.91 Å². The maximum absolute atomic E-state index is 13.6. The average molecular weight is 444 g/mol. The third-order valence-electron chi connectivity index (χ3n) is 6.60. The predicted molar refractivity (Wildman–Crippen MR) is 132 cm³/mol. The number of methoxy groups -OCH3 is 1. The second-order valence-electron chi connectivity index (χ2n) is 9.22. The predicted octanol–water partition coefficient (Wildman–Crippen LogP) is 4.67. The second kappa shape index (κ2) is 10.2. The maximum Gasteiger partial charge on any atom is 0.229 e. The van der Waals surface area contributed by atoms with Gasteiger partial charge in [0.2, 0.25) is 5.91 Å². The number of carbonyl (C=O) groups is 1. The van der Waals surface area contributed by atoms with E-state index < -0.39 is 5.41 Å². The largest absolute Gasteiger partial charge is 0.497 e. The van der Waals surface area contributed by atoms with E-state index in [2.05, 4.69) is 52.3 Å². The van der Waals surface area contributed by atoms with Crippen molar-refractivity contribution < 1.29 is 9.53 Å². The van der Waals surface area contributed by atoms with E-state index in [4.69, 9.17) is 4.74 Å². The van der Waals surface area contributed by atoms with Gasteiger partial charge in [0.25, 0.3) is 0 Å². The molecule has 0 bridgehead atoms. The van der Waals surface area contributed by atoms with Crippen LogP contribution in [0.3, 0.4) is 0 Å². The number of likely N-dealkylation sites (tertiary alicyclic amines) is 1. The first kappa shape index (κ1) is 23.0. The van der Waals surface area contributed by atoms with Crippen molar-refractivity contribution in [2.75, 3.05) is 34.3 Å². The second-order valence-corrected chi connectivity index (χ2v) is 9.22. The summed E-state index contributed by atoms with van der Waals surface area (Å²) in [6.45, 7) is 2.58. The first-order valence-corrected chi connectivity index (χ1v) is 11.6. The fourth-order valence-corrected chi connectivity index (χ4v) is 5.06. The highest BCUT2D eigenvalue weighted by Crippen LogP contribution is 2.38. The van der Waals surface area contributed by atoms with E-state index in [1.165, 1.54) is 11.1 Å². The van der Waals surface area contributed by atoms with Crippen molar-refractivity contribution in [2.24, 2.45) is 5.41 Å². The van der Waals surface area contributed by atoms with E-state index >= 15 is 0 Å². The highest BCUT2D eigenvalue weighted by Gasteiger charge is 2.43. The molecule has 0 N–H and O–H groups in total. The Bertz CT molecular complexity index is 1070. The zero-order chi connectivity index (χ0) is 23.3. The summed E-state index contributed by atoms with van der Waals surface area (Å²) in [6, 6.07) is 20.7. The Labute approximate surface area is 197 Å². The van der Waals surface area contributed by atoms with Crippen LogP contribution in [0.25, 0.3) is 11.1 Å². The van der Waals surface area contributed by atoms with Crippen LogP contribution in [-0.4, -0.2) is 55.0 Å². The fourth-order valence-electron chi connectivity index (χ4n) is 5.06. The van der Waals surface area contributed by atoms with Crippen LogP contribution >= 0.6 is 0 Å². The summed E-state index contributed by atoms with van der Waals surface area (Å²) in [5, 5.41) is 0. The molecule has 1 unspecified atom stereocenters. The van der Waals surface area contributed by atoms with Crippen LogP contribution in [0.1, 0.15) is 24.0 Å². The number of aromatic nitrogens is 1. The highest BCUT2D eigenvalue weighted by atomic mass is 16.5. The lowest BCUT2D eigenvalue weighted by Gasteiger charge is -2.43.